The fourth-order valence-corrected chi connectivity index (χ4v) is 3.69. The van der Waals surface area contributed by atoms with Crippen molar-refractivity contribution in [2.24, 2.45) is 11.8 Å². The number of hydrogen-bond donors (Lipinski definition) is 1. The van der Waals surface area contributed by atoms with Crippen LogP contribution in [0.1, 0.15) is 64.0 Å². The molecule has 3 heteroatoms. The molecule has 1 nitrogen and oxygen atoms in total. The van der Waals surface area contributed by atoms with Gasteiger partial charge in [-0.3, -0.25) is 0 Å². The van der Waals surface area contributed by atoms with E-state index in [9.17, 15) is 0 Å². The molecule has 1 N–H and O–H groups in total. The summed E-state index contributed by atoms with van der Waals surface area (Å²) >= 11 is 12.1. The first kappa shape index (κ1) is 17.1. The van der Waals surface area contributed by atoms with Gasteiger partial charge in [0.05, 0.1) is 10.0 Å². The maximum atomic E-state index is 6.14. The molecule has 0 aromatic heterocycles. The SMILES string of the molecule is CCC1CCC(CNC(CC)c2ccc(Cl)c(Cl)c2)CC1. The fraction of sp³-hybridized carbons (Fsp3) is 0.667. The van der Waals surface area contributed by atoms with Gasteiger partial charge in [-0.25, -0.2) is 0 Å². The number of nitrogens with one attached hydrogen (secondary N) is 1. The van der Waals surface area contributed by atoms with Crippen LogP contribution in [-0.2, 0) is 0 Å². The summed E-state index contributed by atoms with van der Waals surface area (Å²) < 4.78 is 0. The van der Waals surface area contributed by atoms with Gasteiger partial charge in [0.1, 0.15) is 0 Å². The third-order valence-corrected chi connectivity index (χ3v) is 5.69. The maximum absolute atomic E-state index is 6.14. The van der Waals surface area contributed by atoms with Gasteiger partial charge < -0.3 is 5.32 Å². The highest BCUT2D eigenvalue weighted by atomic mass is 35.5. The van der Waals surface area contributed by atoms with Crippen LogP contribution in [0.25, 0.3) is 0 Å². The van der Waals surface area contributed by atoms with Crippen LogP contribution in [0.5, 0.6) is 0 Å². The van der Waals surface area contributed by atoms with Crippen LogP contribution in [0.3, 0.4) is 0 Å². The first-order valence-electron chi connectivity index (χ1n) is 8.32. The predicted molar refractivity (Wildman–Crippen MR) is 93.2 cm³/mol. The average Bonchev–Trinajstić information content (AvgIpc) is 2.52. The van der Waals surface area contributed by atoms with E-state index in [1.807, 2.05) is 12.1 Å². The summed E-state index contributed by atoms with van der Waals surface area (Å²) in [4.78, 5) is 0. The van der Waals surface area contributed by atoms with Gasteiger partial charge in [0.25, 0.3) is 0 Å². The lowest BCUT2D eigenvalue weighted by molar-refractivity contribution is 0.256. The Kier molecular flexibility index (Phi) is 6.85. The number of halogens is 2. The topological polar surface area (TPSA) is 12.0 Å². The summed E-state index contributed by atoms with van der Waals surface area (Å²) in [5.74, 6) is 1.81. The normalized spacial score (nSPS) is 24.0. The molecule has 0 spiro atoms. The maximum Gasteiger partial charge on any atom is 0.0595 e. The molecule has 1 unspecified atom stereocenters. The molecule has 0 heterocycles. The zero-order valence-electron chi connectivity index (χ0n) is 13.2. The molecule has 2 rings (SSSR count). The largest absolute Gasteiger partial charge is 0.310 e. The van der Waals surface area contributed by atoms with E-state index >= 15 is 0 Å². The molecule has 0 aliphatic heterocycles. The van der Waals surface area contributed by atoms with E-state index in [1.165, 1.54) is 37.7 Å². The van der Waals surface area contributed by atoms with Crippen molar-refractivity contribution in [1.82, 2.24) is 5.32 Å². The highest BCUT2D eigenvalue weighted by molar-refractivity contribution is 6.42. The van der Waals surface area contributed by atoms with E-state index in [1.54, 1.807) is 0 Å². The summed E-state index contributed by atoms with van der Waals surface area (Å²) in [7, 11) is 0. The summed E-state index contributed by atoms with van der Waals surface area (Å²) in [5, 5.41) is 5.02. The monoisotopic (exact) mass is 327 g/mol. The van der Waals surface area contributed by atoms with Crippen molar-refractivity contribution in [1.29, 1.82) is 0 Å². The molecule has 21 heavy (non-hydrogen) atoms. The summed E-state index contributed by atoms with van der Waals surface area (Å²) in [6.45, 7) is 5.66. The molecule has 1 atom stereocenters. The second kappa shape index (κ2) is 8.41. The second-order valence-corrected chi connectivity index (χ2v) is 7.15. The Morgan fingerprint density at radius 1 is 1.05 bits per heavy atom. The molecular weight excluding hydrogens is 301 g/mol. The van der Waals surface area contributed by atoms with E-state index in [-0.39, 0.29) is 0 Å². The van der Waals surface area contributed by atoms with Gasteiger partial charge in [-0.2, -0.15) is 0 Å². The summed E-state index contributed by atoms with van der Waals surface area (Å²) in [6, 6.07) is 6.36. The Morgan fingerprint density at radius 2 is 1.71 bits per heavy atom. The number of hydrogen-bond acceptors (Lipinski definition) is 1. The molecule has 1 aromatic carbocycles. The zero-order valence-corrected chi connectivity index (χ0v) is 14.7. The zero-order chi connectivity index (χ0) is 15.2. The van der Waals surface area contributed by atoms with Crippen molar-refractivity contribution >= 4 is 23.2 Å². The molecule has 1 aliphatic rings. The first-order chi connectivity index (χ1) is 10.1. The van der Waals surface area contributed by atoms with E-state index < -0.39 is 0 Å². The van der Waals surface area contributed by atoms with Crippen LogP contribution in [0.4, 0.5) is 0 Å². The van der Waals surface area contributed by atoms with E-state index in [2.05, 4.69) is 25.2 Å². The molecule has 118 valence electrons. The Hall–Kier alpha value is -0.240. The standard InChI is InChI=1S/C18H27Cl2N/c1-3-13-5-7-14(8-6-13)12-21-18(4-2)15-9-10-16(19)17(20)11-15/h9-11,13-14,18,21H,3-8,12H2,1-2H3. The van der Waals surface area contributed by atoms with Crippen molar-refractivity contribution in [2.45, 2.75) is 58.4 Å². The minimum atomic E-state index is 0.378. The van der Waals surface area contributed by atoms with Gasteiger partial charge in [0.15, 0.2) is 0 Å². The van der Waals surface area contributed by atoms with Gasteiger partial charge in [0.2, 0.25) is 0 Å². The lowest BCUT2D eigenvalue weighted by Crippen LogP contribution is -2.29. The lowest BCUT2D eigenvalue weighted by Gasteiger charge is -2.29. The molecule has 1 saturated carbocycles. The smallest absolute Gasteiger partial charge is 0.0595 e. The van der Waals surface area contributed by atoms with Crippen LogP contribution in [0.15, 0.2) is 18.2 Å². The van der Waals surface area contributed by atoms with Gasteiger partial charge in [-0.05, 0) is 55.3 Å². The third-order valence-electron chi connectivity index (χ3n) is 4.95. The Morgan fingerprint density at radius 3 is 2.29 bits per heavy atom. The molecule has 0 bridgehead atoms. The molecular formula is C18H27Cl2N. The lowest BCUT2D eigenvalue weighted by atomic mass is 9.81. The average molecular weight is 328 g/mol. The van der Waals surface area contributed by atoms with Crippen molar-refractivity contribution in [3.8, 4) is 0 Å². The van der Waals surface area contributed by atoms with E-state index in [0.717, 1.165) is 24.8 Å². The quantitative estimate of drug-likeness (QED) is 0.651. The van der Waals surface area contributed by atoms with Gasteiger partial charge >= 0.3 is 0 Å². The molecule has 0 radical (unpaired) electrons. The highest BCUT2D eigenvalue weighted by Crippen LogP contribution is 2.31. The number of rotatable bonds is 6. The molecule has 1 aromatic rings. The Labute approximate surface area is 139 Å². The van der Waals surface area contributed by atoms with Crippen LogP contribution < -0.4 is 5.32 Å². The minimum absolute atomic E-state index is 0.378. The minimum Gasteiger partial charge on any atom is -0.310 e. The Balaban J connectivity index is 1.86. The summed E-state index contributed by atoms with van der Waals surface area (Å²) in [5.41, 5.74) is 1.24. The number of benzene rings is 1. The molecule has 0 saturated heterocycles. The van der Waals surface area contributed by atoms with Crippen LogP contribution in [0.2, 0.25) is 10.0 Å². The molecule has 0 amide bonds. The van der Waals surface area contributed by atoms with Gasteiger partial charge in [0, 0.05) is 6.04 Å². The van der Waals surface area contributed by atoms with E-state index in [0.29, 0.717) is 16.1 Å². The second-order valence-electron chi connectivity index (χ2n) is 6.34. The third kappa shape index (κ3) is 4.87. The summed E-state index contributed by atoms with van der Waals surface area (Å²) in [6.07, 6.45) is 7.99. The Bertz CT molecular complexity index is 439. The highest BCUT2D eigenvalue weighted by Gasteiger charge is 2.21. The van der Waals surface area contributed by atoms with Crippen LogP contribution in [-0.4, -0.2) is 6.54 Å². The van der Waals surface area contributed by atoms with Crippen LogP contribution in [0, 0.1) is 11.8 Å². The predicted octanol–water partition coefficient (Wildman–Crippen LogP) is 6.25. The van der Waals surface area contributed by atoms with Gasteiger partial charge in [-0.15, -0.1) is 0 Å². The van der Waals surface area contributed by atoms with E-state index in [4.69, 9.17) is 23.2 Å². The van der Waals surface area contributed by atoms with Crippen LogP contribution >= 0.6 is 23.2 Å². The first-order valence-corrected chi connectivity index (χ1v) is 9.07. The molecule has 1 aliphatic carbocycles. The van der Waals surface area contributed by atoms with Gasteiger partial charge in [-0.1, -0.05) is 62.4 Å². The van der Waals surface area contributed by atoms with Crippen molar-refractivity contribution in [3.05, 3.63) is 33.8 Å². The van der Waals surface area contributed by atoms with Crippen molar-refractivity contribution in [2.75, 3.05) is 6.54 Å². The fourth-order valence-electron chi connectivity index (χ4n) is 3.38. The van der Waals surface area contributed by atoms with Crippen molar-refractivity contribution in [3.63, 3.8) is 0 Å². The van der Waals surface area contributed by atoms with Crippen molar-refractivity contribution < 1.29 is 0 Å². The molecule has 1 fully saturated rings.